The summed E-state index contributed by atoms with van der Waals surface area (Å²) < 4.78 is 16.4. The number of aliphatic hydroxyl groups excluding tert-OH is 4. The molecule has 33 heavy (non-hydrogen) atoms. The van der Waals surface area contributed by atoms with Crippen LogP contribution >= 0.6 is 0 Å². The standard InChI is InChI=1S/C21H20O12/c22-6-13-15(27)17(29)18(30)21(32-13)33-20-16(28)14-11(26)4-8(24)5-12(14)31-19(20)9-2-1-7(23)3-10(9)25/h1-5,13,15,17-18,21-27,29-30H,6H2. The molecule has 0 spiro atoms. The third-order valence-corrected chi connectivity index (χ3v) is 5.23. The number of aromatic hydroxyl groups is 4. The van der Waals surface area contributed by atoms with E-state index in [1.54, 1.807) is 0 Å². The van der Waals surface area contributed by atoms with E-state index < -0.39 is 76.9 Å². The van der Waals surface area contributed by atoms with Gasteiger partial charge in [0, 0.05) is 18.2 Å². The van der Waals surface area contributed by atoms with Gasteiger partial charge in [0.25, 0.3) is 0 Å². The molecule has 1 aliphatic rings. The van der Waals surface area contributed by atoms with Crippen LogP contribution in [0.3, 0.4) is 0 Å². The average molecular weight is 464 g/mol. The Morgan fingerprint density at radius 2 is 1.58 bits per heavy atom. The van der Waals surface area contributed by atoms with Crippen molar-refractivity contribution in [2.75, 3.05) is 6.61 Å². The fourth-order valence-electron chi connectivity index (χ4n) is 3.55. The van der Waals surface area contributed by atoms with Crippen molar-refractivity contribution >= 4 is 11.0 Å². The molecule has 12 heteroatoms. The zero-order valence-electron chi connectivity index (χ0n) is 16.7. The van der Waals surface area contributed by atoms with Gasteiger partial charge >= 0.3 is 0 Å². The van der Waals surface area contributed by atoms with E-state index in [0.29, 0.717) is 0 Å². The van der Waals surface area contributed by atoms with Gasteiger partial charge in [-0.15, -0.1) is 0 Å². The van der Waals surface area contributed by atoms with Gasteiger partial charge in [-0.2, -0.15) is 0 Å². The zero-order valence-corrected chi connectivity index (χ0v) is 16.7. The van der Waals surface area contributed by atoms with E-state index in [0.717, 1.165) is 18.2 Å². The molecule has 176 valence electrons. The maximum atomic E-state index is 13.3. The summed E-state index contributed by atoms with van der Waals surface area (Å²) in [7, 11) is 0. The number of fused-ring (bicyclic) bond motifs is 1. The van der Waals surface area contributed by atoms with Crippen molar-refractivity contribution in [1.29, 1.82) is 0 Å². The van der Waals surface area contributed by atoms with Crippen LogP contribution in [0.2, 0.25) is 0 Å². The lowest BCUT2D eigenvalue weighted by Gasteiger charge is -2.39. The Labute approximate surface area is 184 Å². The van der Waals surface area contributed by atoms with Gasteiger partial charge in [0.05, 0.1) is 12.2 Å². The first-order valence-corrected chi connectivity index (χ1v) is 9.64. The third kappa shape index (κ3) is 3.90. The number of hydrogen-bond acceptors (Lipinski definition) is 12. The zero-order chi connectivity index (χ0) is 24.0. The monoisotopic (exact) mass is 464 g/mol. The van der Waals surface area contributed by atoms with Gasteiger partial charge in [0.1, 0.15) is 58.4 Å². The van der Waals surface area contributed by atoms with E-state index in [1.807, 2.05) is 0 Å². The molecule has 5 atom stereocenters. The second-order valence-electron chi connectivity index (χ2n) is 7.44. The fraction of sp³-hybridized carbons (Fsp3) is 0.286. The van der Waals surface area contributed by atoms with Gasteiger partial charge in [0.2, 0.25) is 17.5 Å². The Kier molecular flexibility index (Phi) is 5.78. The quantitative estimate of drug-likeness (QED) is 0.245. The maximum absolute atomic E-state index is 13.3. The molecule has 3 aromatic rings. The van der Waals surface area contributed by atoms with Gasteiger partial charge in [-0.3, -0.25) is 4.79 Å². The van der Waals surface area contributed by atoms with Crippen LogP contribution in [0.5, 0.6) is 28.7 Å². The van der Waals surface area contributed by atoms with Crippen LogP contribution in [0.1, 0.15) is 0 Å². The Bertz CT molecular complexity index is 1250. The molecule has 5 unspecified atom stereocenters. The summed E-state index contributed by atoms with van der Waals surface area (Å²) in [5.41, 5.74) is -1.41. The molecule has 1 aliphatic heterocycles. The highest BCUT2D eigenvalue weighted by Gasteiger charge is 2.45. The number of phenolic OH excluding ortho intramolecular Hbond substituents is 4. The van der Waals surface area contributed by atoms with Gasteiger partial charge in [-0.05, 0) is 12.1 Å². The number of aliphatic hydroxyl groups is 4. The largest absolute Gasteiger partial charge is 0.508 e. The van der Waals surface area contributed by atoms with E-state index >= 15 is 0 Å². The highest BCUT2D eigenvalue weighted by molar-refractivity contribution is 5.88. The Hall–Kier alpha value is -3.55. The molecule has 0 saturated carbocycles. The highest BCUT2D eigenvalue weighted by Crippen LogP contribution is 2.40. The second-order valence-corrected chi connectivity index (χ2v) is 7.44. The molecule has 4 rings (SSSR count). The predicted octanol–water partition coefficient (Wildman–Crippen LogP) is -0.539. The lowest BCUT2D eigenvalue weighted by atomic mass is 9.99. The van der Waals surface area contributed by atoms with E-state index in [4.69, 9.17) is 13.9 Å². The summed E-state index contributed by atoms with van der Waals surface area (Å²) in [4.78, 5) is 13.3. The van der Waals surface area contributed by atoms with E-state index in [-0.39, 0.29) is 16.9 Å². The van der Waals surface area contributed by atoms with Crippen molar-refractivity contribution in [2.24, 2.45) is 0 Å². The summed E-state index contributed by atoms with van der Waals surface area (Å²) in [6.45, 7) is -0.747. The molecule has 1 fully saturated rings. The number of benzene rings is 2. The van der Waals surface area contributed by atoms with Crippen molar-refractivity contribution in [2.45, 2.75) is 30.7 Å². The first-order chi connectivity index (χ1) is 15.6. The Morgan fingerprint density at radius 3 is 2.24 bits per heavy atom. The molecule has 1 saturated heterocycles. The molecular weight excluding hydrogens is 444 g/mol. The van der Waals surface area contributed by atoms with Crippen molar-refractivity contribution in [3.05, 3.63) is 40.6 Å². The van der Waals surface area contributed by atoms with Crippen LogP contribution in [0.15, 0.2) is 39.5 Å². The molecular formula is C21H20O12. The van der Waals surface area contributed by atoms with E-state index in [9.17, 15) is 45.6 Å². The minimum atomic E-state index is -1.87. The molecule has 1 aromatic heterocycles. The van der Waals surface area contributed by atoms with Crippen LogP contribution in [0.25, 0.3) is 22.3 Å². The molecule has 2 heterocycles. The normalized spacial score (nSPS) is 25.3. The second kappa shape index (κ2) is 8.42. The Balaban J connectivity index is 1.92. The van der Waals surface area contributed by atoms with Gasteiger partial charge in [0.15, 0.2) is 5.76 Å². The van der Waals surface area contributed by atoms with E-state index in [2.05, 4.69) is 0 Å². The van der Waals surface area contributed by atoms with Crippen LogP contribution in [-0.2, 0) is 4.74 Å². The molecule has 0 aliphatic carbocycles. The molecule has 8 N–H and O–H groups in total. The molecule has 12 nitrogen and oxygen atoms in total. The fourth-order valence-corrected chi connectivity index (χ4v) is 3.55. The van der Waals surface area contributed by atoms with Crippen molar-refractivity contribution < 1.29 is 54.7 Å². The highest BCUT2D eigenvalue weighted by atomic mass is 16.7. The summed E-state index contributed by atoms with van der Waals surface area (Å²) in [6.07, 6.45) is -8.46. The number of rotatable bonds is 4. The number of hydrogen-bond donors (Lipinski definition) is 8. The predicted molar refractivity (Wildman–Crippen MR) is 109 cm³/mol. The molecule has 2 aromatic carbocycles. The summed E-state index contributed by atoms with van der Waals surface area (Å²) >= 11 is 0. The number of ether oxygens (including phenoxy) is 2. The minimum absolute atomic E-state index is 0.144. The lowest BCUT2D eigenvalue weighted by Crippen LogP contribution is -2.60. The van der Waals surface area contributed by atoms with Gasteiger partial charge in [-0.25, -0.2) is 0 Å². The molecule has 0 radical (unpaired) electrons. The van der Waals surface area contributed by atoms with Crippen molar-refractivity contribution in [1.82, 2.24) is 0 Å². The third-order valence-electron chi connectivity index (χ3n) is 5.23. The van der Waals surface area contributed by atoms with Crippen LogP contribution in [0, 0.1) is 0 Å². The minimum Gasteiger partial charge on any atom is -0.508 e. The van der Waals surface area contributed by atoms with Gasteiger partial charge < -0.3 is 54.7 Å². The van der Waals surface area contributed by atoms with Crippen molar-refractivity contribution in [3.8, 4) is 40.1 Å². The van der Waals surface area contributed by atoms with Gasteiger partial charge in [-0.1, -0.05) is 0 Å². The smallest absolute Gasteiger partial charge is 0.239 e. The maximum Gasteiger partial charge on any atom is 0.239 e. The molecule has 0 amide bonds. The number of phenols is 4. The van der Waals surface area contributed by atoms with E-state index in [1.165, 1.54) is 12.1 Å². The summed E-state index contributed by atoms with van der Waals surface area (Å²) in [5.74, 6) is -3.00. The summed E-state index contributed by atoms with van der Waals surface area (Å²) in [6, 6.07) is 5.25. The summed E-state index contributed by atoms with van der Waals surface area (Å²) in [5, 5.41) is 79.0. The topological polar surface area (TPSA) is 211 Å². The first kappa shape index (κ1) is 22.6. The van der Waals surface area contributed by atoms with Crippen LogP contribution in [-0.4, -0.2) is 78.2 Å². The first-order valence-electron chi connectivity index (χ1n) is 9.64. The van der Waals surface area contributed by atoms with Crippen molar-refractivity contribution in [3.63, 3.8) is 0 Å². The average Bonchev–Trinajstić information content (AvgIpc) is 2.75. The Morgan fingerprint density at radius 1 is 0.879 bits per heavy atom. The SMILES string of the molecule is O=c1c(OC2OC(CO)C(O)C(O)C2O)c(-c2ccc(O)cc2O)oc2cc(O)cc(O)c12. The van der Waals surface area contributed by atoms with Crippen LogP contribution < -0.4 is 10.2 Å². The lowest BCUT2D eigenvalue weighted by molar-refractivity contribution is -0.277. The van der Waals surface area contributed by atoms with Crippen LogP contribution in [0.4, 0.5) is 0 Å². The molecule has 0 bridgehead atoms.